The second-order valence-electron chi connectivity index (χ2n) is 2.56. The molecule has 3 nitrogen and oxygen atoms in total. The fraction of sp³-hybridized carbons (Fsp3) is 0. The molecule has 80 valence electrons. The summed E-state index contributed by atoms with van der Waals surface area (Å²) in [4.78, 5) is 11.0. The molecule has 0 atom stereocenters. The molecule has 1 aromatic carbocycles. The normalized spacial score (nSPS) is 10.8. The summed E-state index contributed by atoms with van der Waals surface area (Å²) >= 11 is 10.4. The van der Waals surface area contributed by atoms with E-state index in [9.17, 15) is 4.79 Å². The van der Waals surface area contributed by atoms with Crippen molar-refractivity contribution in [2.45, 2.75) is 4.90 Å². The van der Waals surface area contributed by atoms with Gasteiger partial charge in [0.05, 0.1) is 10.7 Å². The molecular weight excluding hydrogens is 302 g/mol. The number of aliphatic carboxylic acids is 1. The minimum absolute atomic E-state index is 0.449. The first-order valence-electron chi connectivity index (χ1n) is 3.81. The Balaban J connectivity index is 2.86. The standard InChI is InChI=1S/C9H7BrClNO2S/c10-5-3-7(12)6(11)4-8(5)15-2-1-9(13)14/h1-4H,12H2,(H,13,14)/b2-1+. The molecule has 0 saturated carbocycles. The van der Waals surface area contributed by atoms with Crippen LogP contribution in [0.5, 0.6) is 0 Å². The lowest BCUT2D eigenvalue weighted by Crippen LogP contribution is -1.87. The van der Waals surface area contributed by atoms with Crippen molar-refractivity contribution in [3.8, 4) is 0 Å². The molecule has 1 rings (SSSR count). The number of hydrogen-bond acceptors (Lipinski definition) is 3. The van der Waals surface area contributed by atoms with Gasteiger partial charge in [-0.05, 0) is 33.5 Å². The largest absolute Gasteiger partial charge is 0.478 e. The molecule has 0 saturated heterocycles. The fourth-order valence-electron chi connectivity index (χ4n) is 0.800. The minimum Gasteiger partial charge on any atom is -0.478 e. The molecule has 3 N–H and O–H groups in total. The molecule has 0 fully saturated rings. The van der Waals surface area contributed by atoms with Crippen LogP contribution in [0.2, 0.25) is 5.02 Å². The number of carbonyl (C=O) groups is 1. The van der Waals surface area contributed by atoms with Gasteiger partial charge in [0.2, 0.25) is 0 Å². The van der Waals surface area contributed by atoms with Crippen LogP contribution in [-0.4, -0.2) is 11.1 Å². The maximum Gasteiger partial charge on any atom is 0.328 e. The van der Waals surface area contributed by atoms with E-state index >= 15 is 0 Å². The maximum absolute atomic E-state index is 10.2. The zero-order valence-electron chi connectivity index (χ0n) is 7.41. The molecule has 0 unspecified atom stereocenters. The second-order valence-corrected chi connectivity index (χ2v) is 4.77. The third kappa shape index (κ3) is 3.77. The lowest BCUT2D eigenvalue weighted by Gasteiger charge is -2.04. The molecule has 6 heteroatoms. The molecule has 0 aromatic heterocycles. The van der Waals surface area contributed by atoms with Gasteiger partial charge in [0.15, 0.2) is 0 Å². The van der Waals surface area contributed by atoms with E-state index < -0.39 is 5.97 Å². The van der Waals surface area contributed by atoms with E-state index in [1.165, 1.54) is 17.2 Å². The molecule has 15 heavy (non-hydrogen) atoms. The van der Waals surface area contributed by atoms with Gasteiger partial charge >= 0.3 is 5.97 Å². The number of halogens is 2. The van der Waals surface area contributed by atoms with E-state index in [-0.39, 0.29) is 0 Å². The molecule has 0 radical (unpaired) electrons. The molecular formula is C9H7BrClNO2S. The zero-order valence-corrected chi connectivity index (χ0v) is 10.6. The van der Waals surface area contributed by atoms with E-state index in [0.29, 0.717) is 10.7 Å². The van der Waals surface area contributed by atoms with Crippen molar-refractivity contribution in [3.63, 3.8) is 0 Å². The second kappa shape index (κ2) is 5.44. The summed E-state index contributed by atoms with van der Waals surface area (Å²) in [5, 5.41) is 10.3. The molecule has 0 aliphatic rings. The predicted molar refractivity (Wildman–Crippen MR) is 66.2 cm³/mol. The number of hydrogen-bond donors (Lipinski definition) is 2. The maximum atomic E-state index is 10.2. The lowest BCUT2D eigenvalue weighted by molar-refractivity contribution is -0.131. The smallest absolute Gasteiger partial charge is 0.328 e. The molecule has 0 bridgehead atoms. The Labute approximate surface area is 104 Å². The van der Waals surface area contributed by atoms with E-state index in [1.807, 2.05) is 0 Å². The highest BCUT2D eigenvalue weighted by Crippen LogP contribution is 2.34. The average molecular weight is 309 g/mol. The summed E-state index contributed by atoms with van der Waals surface area (Å²) in [6.07, 6.45) is 1.06. The van der Waals surface area contributed by atoms with Crippen LogP contribution in [0.25, 0.3) is 0 Å². The highest BCUT2D eigenvalue weighted by atomic mass is 79.9. The van der Waals surface area contributed by atoms with Crippen LogP contribution in [0.1, 0.15) is 0 Å². The van der Waals surface area contributed by atoms with Gasteiger partial charge < -0.3 is 10.8 Å². The first kappa shape index (κ1) is 12.4. The highest BCUT2D eigenvalue weighted by molar-refractivity contribution is 9.10. The van der Waals surface area contributed by atoms with Crippen LogP contribution in [-0.2, 0) is 4.79 Å². The lowest BCUT2D eigenvalue weighted by atomic mass is 10.3. The van der Waals surface area contributed by atoms with Crippen LogP contribution in [0.4, 0.5) is 5.69 Å². The van der Waals surface area contributed by atoms with Gasteiger partial charge in [-0.2, -0.15) is 0 Å². The van der Waals surface area contributed by atoms with Crippen molar-refractivity contribution in [2.24, 2.45) is 0 Å². The third-order valence-electron chi connectivity index (χ3n) is 1.46. The molecule has 0 aliphatic heterocycles. The number of anilines is 1. The molecule has 0 aliphatic carbocycles. The predicted octanol–water partition coefficient (Wildman–Crippen LogP) is 3.38. The topological polar surface area (TPSA) is 63.3 Å². The quantitative estimate of drug-likeness (QED) is 0.510. The number of carboxylic acids is 1. The monoisotopic (exact) mass is 307 g/mol. The van der Waals surface area contributed by atoms with Crippen molar-refractivity contribution in [1.82, 2.24) is 0 Å². The zero-order chi connectivity index (χ0) is 11.4. The van der Waals surface area contributed by atoms with E-state index in [1.54, 1.807) is 12.1 Å². The average Bonchev–Trinajstić information content (AvgIpc) is 2.13. The summed E-state index contributed by atoms with van der Waals surface area (Å²) < 4.78 is 0.782. The van der Waals surface area contributed by atoms with Crippen LogP contribution in [0.15, 0.2) is 33.0 Å². The van der Waals surface area contributed by atoms with Crippen molar-refractivity contribution in [1.29, 1.82) is 0 Å². The minimum atomic E-state index is -0.986. The SMILES string of the molecule is Nc1cc(Br)c(S/C=C/C(=O)O)cc1Cl. The summed E-state index contributed by atoms with van der Waals surface area (Å²) in [6, 6.07) is 3.36. The molecule has 1 aromatic rings. The Morgan fingerprint density at radius 2 is 2.27 bits per heavy atom. The Hall–Kier alpha value is -0.650. The van der Waals surface area contributed by atoms with Gasteiger partial charge in [-0.15, -0.1) is 0 Å². The summed E-state index contributed by atoms with van der Waals surface area (Å²) in [5.41, 5.74) is 6.06. The Morgan fingerprint density at radius 1 is 1.60 bits per heavy atom. The fourth-order valence-corrected chi connectivity index (χ4v) is 2.36. The van der Waals surface area contributed by atoms with Crippen molar-refractivity contribution < 1.29 is 9.90 Å². The Kier molecular flexibility index (Phi) is 4.50. The van der Waals surface area contributed by atoms with Gasteiger partial charge in [0.1, 0.15) is 0 Å². The van der Waals surface area contributed by atoms with E-state index in [0.717, 1.165) is 15.4 Å². The van der Waals surface area contributed by atoms with E-state index in [2.05, 4.69) is 15.9 Å². The van der Waals surface area contributed by atoms with Crippen molar-refractivity contribution in [3.05, 3.63) is 33.1 Å². The van der Waals surface area contributed by atoms with E-state index in [4.69, 9.17) is 22.4 Å². The number of nitrogens with two attached hydrogens (primary N) is 1. The number of nitrogen functional groups attached to an aromatic ring is 1. The van der Waals surface area contributed by atoms with Gasteiger partial charge in [-0.1, -0.05) is 23.4 Å². The van der Waals surface area contributed by atoms with Gasteiger partial charge in [-0.25, -0.2) is 4.79 Å². The number of rotatable bonds is 3. The van der Waals surface area contributed by atoms with Crippen LogP contribution in [0, 0.1) is 0 Å². The molecule has 0 amide bonds. The highest BCUT2D eigenvalue weighted by Gasteiger charge is 2.04. The van der Waals surface area contributed by atoms with Gasteiger partial charge in [0.25, 0.3) is 0 Å². The van der Waals surface area contributed by atoms with Crippen LogP contribution in [0.3, 0.4) is 0 Å². The number of thioether (sulfide) groups is 1. The van der Waals surface area contributed by atoms with Crippen molar-refractivity contribution >= 4 is 50.9 Å². The first-order chi connectivity index (χ1) is 7.00. The Bertz CT molecular complexity index is 423. The summed E-state index contributed by atoms with van der Waals surface area (Å²) in [7, 11) is 0. The summed E-state index contributed by atoms with van der Waals surface area (Å²) in [5.74, 6) is -0.986. The number of benzene rings is 1. The van der Waals surface area contributed by atoms with Crippen LogP contribution < -0.4 is 5.73 Å². The third-order valence-corrected chi connectivity index (χ3v) is 3.57. The summed E-state index contributed by atoms with van der Waals surface area (Å²) in [6.45, 7) is 0. The molecule has 0 heterocycles. The van der Waals surface area contributed by atoms with Gasteiger partial charge in [0, 0.05) is 15.4 Å². The molecule has 0 spiro atoms. The van der Waals surface area contributed by atoms with Gasteiger partial charge in [-0.3, -0.25) is 0 Å². The Morgan fingerprint density at radius 3 is 2.87 bits per heavy atom. The first-order valence-corrected chi connectivity index (χ1v) is 5.86. The van der Waals surface area contributed by atoms with Crippen LogP contribution >= 0.6 is 39.3 Å². The van der Waals surface area contributed by atoms with Crippen molar-refractivity contribution in [2.75, 3.05) is 5.73 Å². The number of carboxylic acid groups (broad SMARTS) is 1.